The van der Waals surface area contributed by atoms with Gasteiger partial charge in [0.1, 0.15) is 0 Å². The van der Waals surface area contributed by atoms with Gasteiger partial charge in [-0.25, -0.2) is 0 Å². The molecule has 1 aliphatic rings. The van der Waals surface area contributed by atoms with Gasteiger partial charge in [0.2, 0.25) is 0 Å². The lowest BCUT2D eigenvalue weighted by Crippen LogP contribution is -2.17. The summed E-state index contributed by atoms with van der Waals surface area (Å²) in [5.41, 5.74) is 5.98. The first-order valence-corrected chi connectivity index (χ1v) is 9.01. The van der Waals surface area contributed by atoms with Crippen LogP contribution in [0, 0.1) is 6.92 Å². The van der Waals surface area contributed by atoms with E-state index in [0.717, 1.165) is 59.1 Å². The van der Waals surface area contributed by atoms with Gasteiger partial charge in [-0.2, -0.15) is 0 Å². The van der Waals surface area contributed by atoms with Gasteiger partial charge in [0.05, 0.1) is 11.1 Å². The predicted molar refractivity (Wildman–Crippen MR) is 102 cm³/mol. The maximum absolute atomic E-state index is 13.2. The fourth-order valence-electron chi connectivity index (χ4n) is 3.64. The van der Waals surface area contributed by atoms with Gasteiger partial charge in [0.25, 0.3) is 5.91 Å². The number of benzene rings is 2. The highest BCUT2D eigenvalue weighted by Gasteiger charge is 2.21. The van der Waals surface area contributed by atoms with E-state index in [-0.39, 0.29) is 5.91 Å². The number of aromatic nitrogens is 1. The fourth-order valence-corrected chi connectivity index (χ4v) is 3.64. The Labute approximate surface area is 148 Å². The number of fused-ring (bicyclic) bond motifs is 2. The molecule has 25 heavy (non-hydrogen) atoms. The van der Waals surface area contributed by atoms with E-state index in [4.69, 9.17) is 4.98 Å². The monoisotopic (exact) mass is 330 g/mol. The maximum Gasteiger partial charge on any atom is 0.256 e. The first-order valence-electron chi connectivity index (χ1n) is 9.01. The Morgan fingerprint density at radius 1 is 0.960 bits per heavy atom. The van der Waals surface area contributed by atoms with Crippen LogP contribution in [-0.2, 0) is 12.8 Å². The molecule has 126 valence electrons. The van der Waals surface area contributed by atoms with Crippen LogP contribution in [0.25, 0.3) is 10.9 Å². The normalized spacial score (nSPS) is 14.0. The highest BCUT2D eigenvalue weighted by atomic mass is 16.1. The average Bonchev–Trinajstić information content (AvgIpc) is 2.86. The molecule has 0 aliphatic heterocycles. The van der Waals surface area contributed by atoms with Gasteiger partial charge in [-0.05, 0) is 56.4 Å². The first-order chi connectivity index (χ1) is 12.2. The van der Waals surface area contributed by atoms with Crippen LogP contribution < -0.4 is 5.32 Å². The number of nitrogens with zero attached hydrogens (tertiary/aromatic N) is 1. The SMILES string of the molecule is Cc1ccc(NC(=O)c2c3c(nc4ccccc24)CCCCC3)cc1. The molecule has 4 rings (SSSR count). The van der Waals surface area contributed by atoms with Crippen molar-refractivity contribution in [2.75, 3.05) is 5.32 Å². The number of hydrogen-bond acceptors (Lipinski definition) is 2. The number of aryl methyl sites for hydroxylation is 2. The Bertz CT molecular complexity index is 929. The summed E-state index contributed by atoms with van der Waals surface area (Å²) in [5.74, 6) is -0.0272. The summed E-state index contributed by atoms with van der Waals surface area (Å²) in [7, 11) is 0. The van der Waals surface area contributed by atoms with Gasteiger partial charge < -0.3 is 5.32 Å². The van der Waals surface area contributed by atoms with Crippen LogP contribution in [0.1, 0.15) is 46.4 Å². The zero-order chi connectivity index (χ0) is 17.2. The highest BCUT2D eigenvalue weighted by molar-refractivity contribution is 6.13. The van der Waals surface area contributed by atoms with Crippen LogP contribution in [0.3, 0.4) is 0 Å². The number of rotatable bonds is 2. The molecule has 0 atom stereocenters. The van der Waals surface area contributed by atoms with Crippen molar-refractivity contribution in [2.24, 2.45) is 0 Å². The molecule has 0 saturated carbocycles. The number of pyridine rings is 1. The van der Waals surface area contributed by atoms with E-state index < -0.39 is 0 Å². The summed E-state index contributed by atoms with van der Waals surface area (Å²) in [6.07, 6.45) is 5.37. The second kappa shape index (κ2) is 6.67. The van der Waals surface area contributed by atoms with Crippen molar-refractivity contribution >= 4 is 22.5 Å². The molecule has 0 bridgehead atoms. The third kappa shape index (κ3) is 3.14. The smallest absolute Gasteiger partial charge is 0.256 e. The summed E-state index contributed by atoms with van der Waals surface area (Å²) in [6, 6.07) is 15.9. The lowest BCUT2D eigenvalue weighted by molar-refractivity contribution is 0.102. The third-order valence-corrected chi connectivity index (χ3v) is 4.96. The maximum atomic E-state index is 13.2. The molecule has 0 unspecified atom stereocenters. The van der Waals surface area contributed by atoms with Gasteiger partial charge in [-0.3, -0.25) is 9.78 Å². The first kappa shape index (κ1) is 15.8. The van der Waals surface area contributed by atoms with Crippen LogP contribution in [-0.4, -0.2) is 10.9 Å². The zero-order valence-electron chi connectivity index (χ0n) is 14.5. The van der Waals surface area contributed by atoms with Gasteiger partial charge in [-0.1, -0.05) is 42.3 Å². The molecular formula is C22H22N2O. The average molecular weight is 330 g/mol. The van der Waals surface area contributed by atoms with Crippen LogP contribution >= 0.6 is 0 Å². The molecule has 1 amide bonds. The van der Waals surface area contributed by atoms with Crippen molar-refractivity contribution in [3.8, 4) is 0 Å². The molecule has 2 aromatic carbocycles. The van der Waals surface area contributed by atoms with Crippen molar-refractivity contribution in [3.05, 3.63) is 70.9 Å². The number of amides is 1. The standard InChI is InChI=1S/C22H22N2O/c1-15-11-13-16(14-12-15)23-22(25)21-17-7-3-2-4-9-19(17)24-20-10-6-5-8-18(20)21/h5-6,8,10-14H,2-4,7,9H2,1H3,(H,23,25). The zero-order valence-corrected chi connectivity index (χ0v) is 14.5. The lowest BCUT2D eigenvalue weighted by Gasteiger charge is -2.15. The van der Waals surface area contributed by atoms with E-state index in [9.17, 15) is 4.79 Å². The summed E-state index contributed by atoms with van der Waals surface area (Å²) in [6.45, 7) is 2.04. The second-order valence-electron chi connectivity index (χ2n) is 6.81. The van der Waals surface area contributed by atoms with E-state index in [1.807, 2.05) is 55.5 Å². The van der Waals surface area contributed by atoms with Gasteiger partial charge in [-0.15, -0.1) is 0 Å². The molecule has 0 saturated heterocycles. The largest absolute Gasteiger partial charge is 0.322 e. The molecule has 1 N–H and O–H groups in total. The molecule has 0 fully saturated rings. The molecule has 1 heterocycles. The number of hydrogen-bond donors (Lipinski definition) is 1. The molecule has 1 aromatic heterocycles. The Kier molecular flexibility index (Phi) is 4.22. The minimum atomic E-state index is -0.0272. The molecule has 3 nitrogen and oxygen atoms in total. The fraction of sp³-hybridized carbons (Fsp3) is 0.273. The van der Waals surface area contributed by atoms with E-state index in [1.165, 1.54) is 12.0 Å². The van der Waals surface area contributed by atoms with E-state index in [0.29, 0.717) is 0 Å². The Hall–Kier alpha value is -2.68. The molecular weight excluding hydrogens is 308 g/mol. The van der Waals surface area contributed by atoms with Crippen LogP contribution in [0.2, 0.25) is 0 Å². The van der Waals surface area contributed by atoms with Crippen LogP contribution in [0.5, 0.6) is 0 Å². The van der Waals surface area contributed by atoms with E-state index >= 15 is 0 Å². The molecule has 3 heteroatoms. The van der Waals surface area contributed by atoms with Gasteiger partial charge in [0, 0.05) is 16.8 Å². The Morgan fingerprint density at radius 3 is 2.56 bits per heavy atom. The number of carbonyl (C=O) groups is 1. The topological polar surface area (TPSA) is 42.0 Å². The Balaban J connectivity index is 1.82. The number of anilines is 1. The van der Waals surface area contributed by atoms with E-state index in [1.54, 1.807) is 0 Å². The van der Waals surface area contributed by atoms with Crippen molar-refractivity contribution in [2.45, 2.75) is 39.0 Å². The van der Waals surface area contributed by atoms with Gasteiger partial charge >= 0.3 is 0 Å². The molecule has 3 aromatic rings. The molecule has 0 spiro atoms. The van der Waals surface area contributed by atoms with Gasteiger partial charge in [0.15, 0.2) is 0 Å². The summed E-state index contributed by atoms with van der Waals surface area (Å²) < 4.78 is 0. The number of para-hydroxylation sites is 1. The highest BCUT2D eigenvalue weighted by Crippen LogP contribution is 2.29. The predicted octanol–water partition coefficient (Wildman–Crippen LogP) is 5.06. The third-order valence-electron chi connectivity index (χ3n) is 4.96. The molecule has 0 radical (unpaired) electrons. The minimum Gasteiger partial charge on any atom is -0.322 e. The summed E-state index contributed by atoms with van der Waals surface area (Å²) in [5, 5.41) is 4.03. The Morgan fingerprint density at radius 2 is 1.72 bits per heavy atom. The van der Waals surface area contributed by atoms with Crippen molar-refractivity contribution < 1.29 is 4.79 Å². The van der Waals surface area contributed by atoms with Crippen LogP contribution in [0.15, 0.2) is 48.5 Å². The van der Waals surface area contributed by atoms with E-state index in [2.05, 4.69) is 5.32 Å². The van der Waals surface area contributed by atoms with Crippen molar-refractivity contribution in [1.82, 2.24) is 4.98 Å². The quantitative estimate of drug-likeness (QED) is 0.667. The minimum absolute atomic E-state index is 0.0272. The summed E-state index contributed by atoms with van der Waals surface area (Å²) in [4.78, 5) is 18.0. The number of nitrogens with one attached hydrogen (secondary N) is 1. The molecule has 1 aliphatic carbocycles. The van der Waals surface area contributed by atoms with Crippen LogP contribution in [0.4, 0.5) is 5.69 Å². The number of carbonyl (C=O) groups excluding carboxylic acids is 1. The van der Waals surface area contributed by atoms with Crippen molar-refractivity contribution in [1.29, 1.82) is 0 Å². The van der Waals surface area contributed by atoms with Crippen molar-refractivity contribution in [3.63, 3.8) is 0 Å². The second-order valence-corrected chi connectivity index (χ2v) is 6.81. The summed E-state index contributed by atoms with van der Waals surface area (Å²) >= 11 is 0. The lowest BCUT2D eigenvalue weighted by atomic mass is 9.96.